The van der Waals surface area contributed by atoms with E-state index in [1.54, 1.807) is 0 Å². The van der Waals surface area contributed by atoms with Crippen LogP contribution >= 0.6 is 0 Å². The minimum absolute atomic E-state index is 0.0839. The third-order valence-corrected chi connectivity index (χ3v) is 6.37. The predicted molar refractivity (Wildman–Crippen MR) is 113 cm³/mol. The van der Waals surface area contributed by atoms with E-state index in [4.69, 9.17) is 0 Å². The molecule has 2 saturated heterocycles. The van der Waals surface area contributed by atoms with Crippen LogP contribution in [0.3, 0.4) is 0 Å². The van der Waals surface area contributed by atoms with Crippen LogP contribution in [0.15, 0.2) is 35.6 Å². The lowest BCUT2D eigenvalue weighted by Gasteiger charge is -2.40. The van der Waals surface area contributed by atoms with Gasteiger partial charge in [-0.1, -0.05) is 6.92 Å². The molecular weight excluding hydrogens is 368 g/mol. The SMILES string of the molecule is CCN1CC[C@H]2NC(=O)C(C(=O)Nc3ccc(N4CCCCC4)cc3)=C(O)[C@@H]2C1. The molecule has 0 aromatic heterocycles. The number of carbonyl (C=O) groups excluding carboxylic acids is 2. The highest BCUT2D eigenvalue weighted by atomic mass is 16.3. The van der Waals surface area contributed by atoms with Crippen molar-refractivity contribution in [3.8, 4) is 0 Å². The quantitative estimate of drug-likeness (QED) is 0.678. The number of nitrogens with one attached hydrogen (secondary N) is 2. The summed E-state index contributed by atoms with van der Waals surface area (Å²) in [5.41, 5.74) is 1.60. The Kier molecular flexibility index (Phi) is 5.76. The number of hydrogen-bond donors (Lipinski definition) is 3. The summed E-state index contributed by atoms with van der Waals surface area (Å²) in [6.07, 6.45) is 4.47. The predicted octanol–water partition coefficient (Wildman–Crippen LogP) is 2.27. The van der Waals surface area contributed by atoms with Crippen molar-refractivity contribution in [2.24, 2.45) is 5.92 Å². The van der Waals surface area contributed by atoms with Crippen molar-refractivity contribution in [1.82, 2.24) is 10.2 Å². The van der Waals surface area contributed by atoms with Crippen molar-refractivity contribution in [3.63, 3.8) is 0 Å². The molecule has 2 fully saturated rings. The molecule has 0 spiro atoms. The van der Waals surface area contributed by atoms with Crippen LogP contribution in [0.4, 0.5) is 11.4 Å². The summed E-state index contributed by atoms with van der Waals surface area (Å²) >= 11 is 0. The van der Waals surface area contributed by atoms with Gasteiger partial charge in [-0.3, -0.25) is 9.59 Å². The number of rotatable bonds is 4. The molecule has 3 aliphatic rings. The number of hydrogen-bond acceptors (Lipinski definition) is 5. The van der Waals surface area contributed by atoms with E-state index < -0.39 is 11.8 Å². The molecular formula is C22H30N4O3. The average Bonchev–Trinajstić information content (AvgIpc) is 2.75. The molecule has 3 aliphatic heterocycles. The van der Waals surface area contributed by atoms with Crippen molar-refractivity contribution in [2.45, 2.75) is 38.6 Å². The Morgan fingerprint density at radius 3 is 2.59 bits per heavy atom. The zero-order valence-corrected chi connectivity index (χ0v) is 17.0. The van der Waals surface area contributed by atoms with Gasteiger partial charge in [0.05, 0.1) is 5.92 Å². The lowest BCUT2D eigenvalue weighted by atomic mass is 9.85. The third kappa shape index (κ3) is 4.10. The standard InChI is InChI=1S/C22H30N4O3/c1-2-25-13-10-18-17(14-25)20(27)19(22(29)24-18)21(28)23-15-6-8-16(9-7-15)26-11-4-3-5-12-26/h6-9,17-18,27H,2-5,10-14H2,1H3,(H,23,28)(H,24,29)/t17-,18-/m1/s1. The van der Waals surface area contributed by atoms with Gasteiger partial charge in [-0.25, -0.2) is 0 Å². The van der Waals surface area contributed by atoms with Crippen LogP contribution < -0.4 is 15.5 Å². The Morgan fingerprint density at radius 2 is 1.90 bits per heavy atom. The fraction of sp³-hybridized carbons (Fsp3) is 0.545. The molecule has 0 bridgehead atoms. The van der Waals surface area contributed by atoms with Crippen molar-refractivity contribution < 1.29 is 14.7 Å². The summed E-state index contributed by atoms with van der Waals surface area (Å²) in [5.74, 6) is -1.36. The first kappa shape index (κ1) is 19.8. The maximum atomic E-state index is 12.8. The molecule has 3 N–H and O–H groups in total. The van der Waals surface area contributed by atoms with Gasteiger partial charge >= 0.3 is 0 Å². The normalized spacial score (nSPS) is 25.4. The van der Waals surface area contributed by atoms with Crippen LogP contribution in [0.2, 0.25) is 0 Å². The van der Waals surface area contributed by atoms with E-state index in [0.29, 0.717) is 12.2 Å². The van der Waals surface area contributed by atoms with Gasteiger partial charge in [0.15, 0.2) is 0 Å². The number of anilines is 2. The second kappa shape index (κ2) is 8.45. The molecule has 7 heteroatoms. The summed E-state index contributed by atoms with van der Waals surface area (Å²) in [4.78, 5) is 29.9. The van der Waals surface area contributed by atoms with Crippen molar-refractivity contribution >= 4 is 23.2 Å². The van der Waals surface area contributed by atoms with E-state index in [0.717, 1.165) is 38.3 Å². The summed E-state index contributed by atoms with van der Waals surface area (Å²) in [5, 5.41) is 16.4. The van der Waals surface area contributed by atoms with Crippen LogP contribution in [-0.2, 0) is 9.59 Å². The van der Waals surface area contributed by atoms with Crippen LogP contribution in [0, 0.1) is 5.92 Å². The molecule has 2 amide bonds. The van der Waals surface area contributed by atoms with Gasteiger partial charge in [-0.15, -0.1) is 0 Å². The first-order chi connectivity index (χ1) is 14.1. The van der Waals surface area contributed by atoms with E-state index >= 15 is 0 Å². The molecule has 0 radical (unpaired) electrons. The smallest absolute Gasteiger partial charge is 0.264 e. The lowest BCUT2D eigenvalue weighted by molar-refractivity contribution is -0.124. The molecule has 29 heavy (non-hydrogen) atoms. The highest BCUT2D eigenvalue weighted by Crippen LogP contribution is 2.29. The number of aliphatic hydroxyl groups excluding tert-OH is 1. The number of carbonyl (C=O) groups is 2. The second-order valence-corrected chi connectivity index (χ2v) is 8.18. The Hall–Kier alpha value is -2.54. The minimum atomic E-state index is -0.558. The highest BCUT2D eigenvalue weighted by Gasteiger charge is 2.41. The minimum Gasteiger partial charge on any atom is -0.511 e. The molecule has 0 unspecified atom stereocenters. The third-order valence-electron chi connectivity index (χ3n) is 6.37. The van der Waals surface area contributed by atoms with Gasteiger partial charge in [-0.05, 0) is 56.5 Å². The Labute approximate surface area is 171 Å². The van der Waals surface area contributed by atoms with E-state index in [9.17, 15) is 14.7 Å². The van der Waals surface area contributed by atoms with Crippen molar-refractivity contribution in [3.05, 3.63) is 35.6 Å². The van der Waals surface area contributed by atoms with E-state index in [-0.39, 0.29) is 23.3 Å². The fourth-order valence-corrected chi connectivity index (χ4v) is 4.62. The van der Waals surface area contributed by atoms with Crippen LogP contribution in [0.5, 0.6) is 0 Å². The Bertz CT molecular complexity index is 799. The van der Waals surface area contributed by atoms with Gasteiger partial charge in [0.25, 0.3) is 11.8 Å². The van der Waals surface area contributed by atoms with Crippen molar-refractivity contribution in [1.29, 1.82) is 0 Å². The van der Waals surface area contributed by atoms with Crippen LogP contribution in [0.25, 0.3) is 0 Å². The van der Waals surface area contributed by atoms with Gasteiger partial charge in [0.2, 0.25) is 0 Å². The number of fused-ring (bicyclic) bond motifs is 1. The molecule has 0 aliphatic carbocycles. The van der Waals surface area contributed by atoms with Crippen LogP contribution in [-0.4, -0.2) is 60.6 Å². The zero-order chi connectivity index (χ0) is 20.4. The highest BCUT2D eigenvalue weighted by molar-refractivity contribution is 6.23. The number of piperidine rings is 2. The zero-order valence-electron chi connectivity index (χ0n) is 17.0. The summed E-state index contributed by atoms with van der Waals surface area (Å²) in [6, 6.07) is 7.58. The maximum Gasteiger partial charge on any atom is 0.264 e. The van der Waals surface area contributed by atoms with E-state index in [1.807, 2.05) is 24.3 Å². The monoisotopic (exact) mass is 398 g/mol. The summed E-state index contributed by atoms with van der Waals surface area (Å²) < 4.78 is 0. The second-order valence-electron chi connectivity index (χ2n) is 8.18. The largest absolute Gasteiger partial charge is 0.511 e. The van der Waals surface area contributed by atoms with E-state index in [2.05, 4.69) is 27.4 Å². The molecule has 7 nitrogen and oxygen atoms in total. The Balaban J connectivity index is 1.47. The first-order valence-electron chi connectivity index (χ1n) is 10.7. The number of likely N-dealkylation sites (tertiary alicyclic amines) is 1. The molecule has 4 rings (SSSR count). The number of amides is 2. The molecule has 3 heterocycles. The van der Waals surface area contributed by atoms with Gasteiger partial charge in [-0.2, -0.15) is 0 Å². The van der Waals surface area contributed by atoms with Gasteiger partial charge in [0, 0.05) is 43.6 Å². The number of aliphatic hydroxyl groups is 1. The van der Waals surface area contributed by atoms with Crippen molar-refractivity contribution in [2.75, 3.05) is 42.9 Å². The summed E-state index contributed by atoms with van der Waals surface area (Å²) in [6.45, 7) is 6.61. The lowest BCUT2D eigenvalue weighted by Crippen LogP contribution is -2.56. The number of benzene rings is 1. The average molecular weight is 399 g/mol. The fourth-order valence-electron chi connectivity index (χ4n) is 4.62. The Morgan fingerprint density at radius 1 is 1.17 bits per heavy atom. The molecule has 1 aromatic rings. The molecule has 1 aromatic carbocycles. The summed E-state index contributed by atoms with van der Waals surface area (Å²) in [7, 11) is 0. The van der Waals surface area contributed by atoms with Crippen LogP contribution in [0.1, 0.15) is 32.6 Å². The van der Waals surface area contributed by atoms with E-state index in [1.165, 1.54) is 19.3 Å². The topological polar surface area (TPSA) is 84.9 Å². The van der Waals surface area contributed by atoms with Gasteiger partial charge in [0.1, 0.15) is 11.3 Å². The number of nitrogens with zero attached hydrogens (tertiary/aromatic N) is 2. The molecule has 2 atom stereocenters. The molecule has 0 saturated carbocycles. The maximum absolute atomic E-state index is 12.8. The van der Waals surface area contributed by atoms with Gasteiger partial charge < -0.3 is 25.5 Å². The first-order valence-corrected chi connectivity index (χ1v) is 10.7. The molecule has 156 valence electrons.